The predicted molar refractivity (Wildman–Crippen MR) is 89.0 cm³/mol. The average Bonchev–Trinajstić information content (AvgIpc) is 2.99. The van der Waals surface area contributed by atoms with Crippen LogP contribution in [-0.4, -0.2) is 47.9 Å². The van der Waals surface area contributed by atoms with Crippen molar-refractivity contribution in [3.05, 3.63) is 16.9 Å². The summed E-state index contributed by atoms with van der Waals surface area (Å²) in [5.74, 6) is 1.23. The zero-order chi connectivity index (χ0) is 15.4. The second kappa shape index (κ2) is 7.61. The van der Waals surface area contributed by atoms with Gasteiger partial charge in [-0.2, -0.15) is 5.10 Å². The summed E-state index contributed by atoms with van der Waals surface area (Å²) in [5, 5.41) is 8.93. The molecule has 120 valence electrons. The highest BCUT2D eigenvalue weighted by Gasteiger charge is 2.32. The fourth-order valence-corrected chi connectivity index (χ4v) is 3.52. The summed E-state index contributed by atoms with van der Waals surface area (Å²) in [6.07, 6.45) is 5.64. The number of hydrogen-bond acceptors (Lipinski definition) is 3. The van der Waals surface area contributed by atoms with Gasteiger partial charge < -0.3 is 10.2 Å². The van der Waals surface area contributed by atoms with E-state index in [4.69, 9.17) is 11.6 Å². The maximum Gasteiger partial charge on any atom is 0.0820 e. The summed E-state index contributed by atoms with van der Waals surface area (Å²) in [6.45, 7) is 7.40. The molecule has 0 aliphatic heterocycles. The number of likely N-dealkylation sites (N-methyl/N-ethyl adjacent to an activating group) is 1. The Hall–Kier alpha value is -0.580. The molecule has 1 N–H and O–H groups in total. The highest BCUT2D eigenvalue weighted by molar-refractivity contribution is 6.31. The van der Waals surface area contributed by atoms with Crippen LogP contribution in [0.2, 0.25) is 5.02 Å². The van der Waals surface area contributed by atoms with Gasteiger partial charge in [-0.05, 0) is 39.4 Å². The van der Waals surface area contributed by atoms with Crippen LogP contribution >= 0.6 is 11.6 Å². The lowest BCUT2D eigenvalue weighted by Gasteiger charge is -2.23. The maximum absolute atomic E-state index is 6.45. The Labute approximate surface area is 133 Å². The molecule has 1 fully saturated rings. The molecule has 1 aliphatic carbocycles. The van der Waals surface area contributed by atoms with Gasteiger partial charge in [0.25, 0.3) is 0 Å². The molecule has 21 heavy (non-hydrogen) atoms. The van der Waals surface area contributed by atoms with Gasteiger partial charge in [0.15, 0.2) is 0 Å². The van der Waals surface area contributed by atoms with Gasteiger partial charge in [-0.3, -0.25) is 4.68 Å². The van der Waals surface area contributed by atoms with Gasteiger partial charge in [-0.1, -0.05) is 31.9 Å². The van der Waals surface area contributed by atoms with E-state index in [0.717, 1.165) is 24.7 Å². The number of aromatic nitrogens is 2. The molecule has 0 radical (unpaired) electrons. The first kappa shape index (κ1) is 16.8. The van der Waals surface area contributed by atoms with E-state index < -0.39 is 0 Å². The summed E-state index contributed by atoms with van der Waals surface area (Å²) in [5.41, 5.74) is 1.26. The lowest BCUT2D eigenvalue weighted by Crippen LogP contribution is -2.31. The van der Waals surface area contributed by atoms with Crippen LogP contribution in [0.15, 0.2) is 6.20 Å². The van der Waals surface area contributed by atoms with Crippen molar-refractivity contribution in [2.75, 3.05) is 27.2 Å². The lowest BCUT2D eigenvalue weighted by molar-refractivity contribution is 0.355. The molecule has 1 aromatic rings. The minimum Gasteiger partial charge on any atom is -0.314 e. The van der Waals surface area contributed by atoms with E-state index in [0.29, 0.717) is 17.9 Å². The zero-order valence-electron chi connectivity index (χ0n) is 13.8. The number of nitrogens with one attached hydrogen (secondary N) is 1. The number of rotatable bonds is 7. The SMILES string of the molecule is CC(C)NCC1CCCC1c1c(Cl)cnn1CCN(C)C. The fourth-order valence-electron chi connectivity index (χ4n) is 3.24. The highest BCUT2D eigenvalue weighted by atomic mass is 35.5. The van der Waals surface area contributed by atoms with E-state index in [9.17, 15) is 0 Å². The van der Waals surface area contributed by atoms with Gasteiger partial charge in [0.2, 0.25) is 0 Å². The topological polar surface area (TPSA) is 33.1 Å². The zero-order valence-corrected chi connectivity index (χ0v) is 14.5. The van der Waals surface area contributed by atoms with Crippen molar-refractivity contribution >= 4 is 11.6 Å². The molecule has 2 rings (SSSR count). The maximum atomic E-state index is 6.45. The predicted octanol–water partition coefficient (Wildman–Crippen LogP) is 2.98. The Morgan fingerprint density at radius 2 is 2.19 bits per heavy atom. The third kappa shape index (κ3) is 4.44. The second-order valence-corrected chi connectivity index (χ2v) is 7.17. The Balaban J connectivity index is 2.10. The largest absolute Gasteiger partial charge is 0.314 e. The van der Waals surface area contributed by atoms with Gasteiger partial charge in [-0.15, -0.1) is 0 Å². The van der Waals surface area contributed by atoms with Gasteiger partial charge in [-0.25, -0.2) is 0 Å². The minimum atomic E-state index is 0.542. The van der Waals surface area contributed by atoms with Crippen LogP contribution in [0.3, 0.4) is 0 Å². The second-order valence-electron chi connectivity index (χ2n) is 6.76. The Kier molecular flexibility index (Phi) is 6.08. The van der Waals surface area contributed by atoms with Crippen LogP contribution in [0.4, 0.5) is 0 Å². The summed E-state index contributed by atoms with van der Waals surface area (Å²) in [7, 11) is 4.19. The molecular weight excluding hydrogens is 284 g/mol. The first-order valence-electron chi connectivity index (χ1n) is 8.08. The molecule has 0 saturated heterocycles. The van der Waals surface area contributed by atoms with E-state index in [1.165, 1.54) is 25.0 Å². The third-order valence-electron chi connectivity index (χ3n) is 4.39. The van der Waals surface area contributed by atoms with Crippen LogP contribution < -0.4 is 5.32 Å². The molecule has 1 aromatic heterocycles. The van der Waals surface area contributed by atoms with Gasteiger partial charge in [0.05, 0.1) is 23.5 Å². The summed E-state index contributed by atoms with van der Waals surface area (Å²) in [6, 6.07) is 0.542. The number of nitrogens with zero attached hydrogens (tertiary/aromatic N) is 3. The molecule has 0 amide bonds. The van der Waals surface area contributed by atoms with E-state index in [-0.39, 0.29) is 0 Å². The summed E-state index contributed by atoms with van der Waals surface area (Å²) < 4.78 is 2.13. The molecule has 4 nitrogen and oxygen atoms in total. The first-order chi connectivity index (χ1) is 9.99. The molecular formula is C16H29ClN4. The minimum absolute atomic E-state index is 0.542. The third-order valence-corrected chi connectivity index (χ3v) is 4.68. The lowest BCUT2D eigenvalue weighted by atomic mass is 9.92. The first-order valence-corrected chi connectivity index (χ1v) is 8.46. The number of halogens is 1. The van der Waals surface area contributed by atoms with Crippen molar-refractivity contribution in [1.82, 2.24) is 20.0 Å². The molecule has 0 aromatic carbocycles. The highest BCUT2D eigenvalue weighted by Crippen LogP contribution is 2.41. The average molecular weight is 313 g/mol. The van der Waals surface area contributed by atoms with Crippen LogP contribution in [-0.2, 0) is 6.54 Å². The van der Waals surface area contributed by atoms with Gasteiger partial charge in [0, 0.05) is 18.5 Å². The van der Waals surface area contributed by atoms with Crippen molar-refractivity contribution in [2.45, 2.75) is 51.6 Å². The van der Waals surface area contributed by atoms with Gasteiger partial charge in [0.1, 0.15) is 0 Å². The molecule has 1 saturated carbocycles. The smallest absolute Gasteiger partial charge is 0.0820 e. The molecule has 1 aliphatic rings. The Morgan fingerprint density at radius 3 is 2.86 bits per heavy atom. The van der Waals surface area contributed by atoms with E-state index in [2.05, 4.69) is 47.9 Å². The van der Waals surface area contributed by atoms with E-state index >= 15 is 0 Å². The normalized spacial score (nSPS) is 22.6. The van der Waals surface area contributed by atoms with Crippen molar-refractivity contribution in [2.24, 2.45) is 5.92 Å². The van der Waals surface area contributed by atoms with Crippen LogP contribution in [0.25, 0.3) is 0 Å². The molecule has 1 heterocycles. The summed E-state index contributed by atoms with van der Waals surface area (Å²) in [4.78, 5) is 2.19. The molecule has 0 spiro atoms. The quantitative estimate of drug-likeness (QED) is 0.840. The standard InChI is InChI=1S/C16H29ClN4/c1-12(2)18-10-13-6-5-7-14(13)16-15(17)11-19-21(16)9-8-20(3)4/h11-14,18H,5-10H2,1-4H3. The molecule has 2 atom stereocenters. The van der Waals surface area contributed by atoms with Crippen LogP contribution in [0, 0.1) is 5.92 Å². The van der Waals surface area contributed by atoms with Crippen molar-refractivity contribution in [3.8, 4) is 0 Å². The van der Waals surface area contributed by atoms with Crippen molar-refractivity contribution < 1.29 is 0 Å². The molecule has 5 heteroatoms. The van der Waals surface area contributed by atoms with Crippen molar-refractivity contribution in [1.29, 1.82) is 0 Å². The van der Waals surface area contributed by atoms with Crippen LogP contribution in [0.1, 0.15) is 44.7 Å². The molecule has 0 bridgehead atoms. The van der Waals surface area contributed by atoms with E-state index in [1.807, 2.05) is 6.20 Å². The molecule has 2 unspecified atom stereocenters. The Bertz CT molecular complexity index is 441. The Morgan fingerprint density at radius 1 is 1.43 bits per heavy atom. The van der Waals surface area contributed by atoms with E-state index in [1.54, 1.807) is 0 Å². The van der Waals surface area contributed by atoms with Crippen molar-refractivity contribution in [3.63, 3.8) is 0 Å². The van der Waals surface area contributed by atoms with Gasteiger partial charge >= 0.3 is 0 Å². The summed E-state index contributed by atoms with van der Waals surface area (Å²) >= 11 is 6.45. The monoisotopic (exact) mass is 312 g/mol. The number of hydrogen-bond donors (Lipinski definition) is 1. The van der Waals surface area contributed by atoms with Crippen LogP contribution in [0.5, 0.6) is 0 Å². The fraction of sp³-hybridized carbons (Fsp3) is 0.812.